The van der Waals surface area contributed by atoms with Crippen molar-refractivity contribution in [3.8, 4) is 0 Å². The number of nitrogens with zero attached hydrogens (tertiary/aromatic N) is 6. The lowest BCUT2D eigenvalue weighted by molar-refractivity contribution is -0.116. The third kappa shape index (κ3) is 5.06. The molecule has 1 spiro atoms. The number of carbonyl (C=O) groups is 2. The zero-order valence-electron chi connectivity index (χ0n) is 21.1. The molecular formula is C26H36N6O3. The van der Waals surface area contributed by atoms with Gasteiger partial charge in [-0.25, -0.2) is 4.79 Å². The fourth-order valence-electron chi connectivity index (χ4n) is 5.71. The Morgan fingerprint density at radius 3 is 2.63 bits per heavy atom. The van der Waals surface area contributed by atoms with Crippen molar-refractivity contribution >= 4 is 23.3 Å². The van der Waals surface area contributed by atoms with Crippen LogP contribution in [0.25, 0.3) is 0 Å². The zero-order valence-corrected chi connectivity index (χ0v) is 21.1. The van der Waals surface area contributed by atoms with Crippen molar-refractivity contribution in [2.45, 2.75) is 33.2 Å². The first kappa shape index (κ1) is 23.8. The maximum atomic E-state index is 13.1. The van der Waals surface area contributed by atoms with Crippen LogP contribution in [0.2, 0.25) is 0 Å². The van der Waals surface area contributed by atoms with E-state index in [1.54, 1.807) is 19.4 Å². The SMILES string of the molecule is CC(=O)N(C)c1cnn(C(=O)N2CCC3(CCN(Cc4cc(C)cc(N5CCOCC5)c4)C3)C2)c1. The smallest absolute Gasteiger partial charge is 0.344 e. The highest BCUT2D eigenvalue weighted by atomic mass is 16.5. The molecule has 3 fully saturated rings. The number of hydrogen-bond acceptors (Lipinski definition) is 6. The van der Waals surface area contributed by atoms with Gasteiger partial charge in [-0.3, -0.25) is 9.69 Å². The van der Waals surface area contributed by atoms with Crippen LogP contribution in [0.15, 0.2) is 30.6 Å². The zero-order chi connectivity index (χ0) is 24.6. The van der Waals surface area contributed by atoms with Crippen LogP contribution in [0.3, 0.4) is 0 Å². The van der Waals surface area contributed by atoms with E-state index < -0.39 is 0 Å². The largest absolute Gasteiger partial charge is 0.378 e. The first-order valence-electron chi connectivity index (χ1n) is 12.6. The Morgan fingerprint density at radius 1 is 1.09 bits per heavy atom. The van der Waals surface area contributed by atoms with E-state index in [0.717, 1.165) is 71.9 Å². The number of amides is 2. The lowest BCUT2D eigenvalue weighted by atomic mass is 9.86. The standard InChI is InChI=1S/C26H36N6O3/c1-20-12-22(14-23(13-20)30-8-10-35-11-9-30)16-29-6-4-26(18-29)5-7-31(19-26)25(34)32-17-24(15-27-32)28(3)21(2)33/h12-15,17H,4-11,16,18-19H2,1-3H3. The summed E-state index contributed by atoms with van der Waals surface area (Å²) in [4.78, 5) is 33.1. The summed E-state index contributed by atoms with van der Waals surface area (Å²) in [6.45, 7) is 11.7. The minimum atomic E-state index is -0.114. The maximum Gasteiger partial charge on any atom is 0.344 e. The summed E-state index contributed by atoms with van der Waals surface area (Å²) in [5.74, 6) is -0.0890. The topological polar surface area (TPSA) is 74.2 Å². The van der Waals surface area contributed by atoms with Gasteiger partial charge in [-0.1, -0.05) is 6.07 Å². The minimum absolute atomic E-state index is 0.0890. The maximum absolute atomic E-state index is 13.1. The number of ether oxygens (including phenoxy) is 1. The van der Waals surface area contributed by atoms with Crippen LogP contribution in [0.1, 0.15) is 30.9 Å². The molecule has 1 aromatic carbocycles. The van der Waals surface area contributed by atoms with Crippen LogP contribution in [-0.2, 0) is 16.1 Å². The van der Waals surface area contributed by atoms with Crippen molar-refractivity contribution in [1.82, 2.24) is 19.6 Å². The second kappa shape index (κ2) is 9.62. The summed E-state index contributed by atoms with van der Waals surface area (Å²) in [5.41, 5.74) is 4.72. The Balaban J connectivity index is 1.20. The van der Waals surface area contributed by atoms with Gasteiger partial charge in [0.1, 0.15) is 0 Å². The first-order chi connectivity index (χ1) is 16.8. The third-order valence-electron chi connectivity index (χ3n) is 7.76. The van der Waals surface area contributed by atoms with Gasteiger partial charge in [-0.15, -0.1) is 0 Å². The number of anilines is 2. The Morgan fingerprint density at radius 2 is 1.86 bits per heavy atom. The Kier molecular flexibility index (Phi) is 6.55. The Hall–Kier alpha value is -2.91. The van der Waals surface area contributed by atoms with Crippen LogP contribution in [0, 0.1) is 12.3 Å². The third-order valence-corrected chi connectivity index (χ3v) is 7.76. The van der Waals surface area contributed by atoms with Crippen molar-refractivity contribution < 1.29 is 14.3 Å². The summed E-state index contributed by atoms with van der Waals surface area (Å²) in [7, 11) is 1.68. The van der Waals surface area contributed by atoms with E-state index in [2.05, 4.69) is 40.0 Å². The number of rotatable bonds is 4. The van der Waals surface area contributed by atoms with Crippen molar-refractivity contribution in [3.63, 3.8) is 0 Å². The molecular weight excluding hydrogens is 444 g/mol. The molecule has 3 aliphatic rings. The lowest BCUT2D eigenvalue weighted by Crippen LogP contribution is -2.36. The molecule has 3 aliphatic heterocycles. The van der Waals surface area contributed by atoms with Gasteiger partial charge < -0.3 is 19.4 Å². The number of likely N-dealkylation sites (tertiary alicyclic amines) is 2. The molecule has 1 aromatic heterocycles. The summed E-state index contributed by atoms with van der Waals surface area (Å²) >= 11 is 0. The van der Waals surface area contributed by atoms with Gasteiger partial charge in [0, 0.05) is 64.3 Å². The van der Waals surface area contributed by atoms with Crippen molar-refractivity contribution in [1.29, 1.82) is 0 Å². The van der Waals surface area contributed by atoms with E-state index in [1.807, 2.05) is 4.90 Å². The van der Waals surface area contributed by atoms with Gasteiger partial charge in [0.25, 0.3) is 0 Å². The van der Waals surface area contributed by atoms with Gasteiger partial charge >= 0.3 is 6.03 Å². The fraction of sp³-hybridized carbons (Fsp3) is 0.577. The van der Waals surface area contributed by atoms with Gasteiger partial charge in [0.2, 0.25) is 5.91 Å². The highest BCUT2D eigenvalue weighted by Gasteiger charge is 2.45. The van der Waals surface area contributed by atoms with E-state index in [1.165, 1.54) is 33.3 Å². The molecule has 0 bridgehead atoms. The normalized spacial score (nSPS) is 22.8. The number of aromatic nitrogens is 2. The van der Waals surface area contributed by atoms with Crippen LogP contribution in [0.5, 0.6) is 0 Å². The van der Waals surface area contributed by atoms with Crippen molar-refractivity contribution in [3.05, 3.63) is 41.7 Å². The van der Waals surface area contributed by atoms with Crippen molar-refractivity contribution in [2.24, 2.45) is 5.41 Å². The average molecular weight is 481 g/mol. The molecule has 1 atom stereocenters. The average Bonchev–Trinajstić information content (AvgIpc) is 3.59. The summed E-state index contributed by atoms with van der Waals surface area (Å²) in [6.07, 6.45) is 5.33. The highest BCUT2D eigenvalue weighted by Crippen LogP contribution is 2.40. The molecule has 2 aromatic rings. The molecule has 188 valence electrons. The molecule has 1 unspecified atom stereocenters. The van der Waals surface area contributed by atoms with Gasteiger partial charge in [-0.05, 0) is 49.6 Å². The van der Waals surface area contributed by atoms with E-state index in [4.69, 9.17) is 4.74 Å². The van der Waals surface area contributed by atoms with E-state index in [0.29, 0.717) is 5.69 Å². The second-order valence-corrected chi connectivity index (χ2v) is 10.4. The molecule has 0 aliphatic carbocycles. The molecule has 0 radical (unpaired) electrons. The predicted octanol–water partition coefficient (Wildman–Crippen LogP) is 2.58. The first-order valence-corrected chi connectivity index (χ1v) is 12.6. The second-order valence-electron chi connectivity index (χ2n) is 10.4. The fourth-order valence-corrected chi connectivity index (χ4v) is 5.71. The van der Waals surface area contributed by atoms with Crippen LogP contribution in [-0.4, -0.2) is 91.0 Å². The van der Waals surface area contributed by atoms with Crippen LogP contribution in [0.4, 0.5) is 16.2 Å². The van der Waals surface area contributed by atoms with Crippen molar-refractivity contribution in [2.75, 3.05) is 69.3 Å². The Bertz CT molecular complexity index is 1090. The monoisotopic (exact) mass is 480 g/mol. The summed E-state index contributed by atoms with van der Waals surface area (Å²) in [5, 5.41) is 4.21. The highest BCUT2D eigenvalue weighted by molar-refractivity contribution is 5.91. The Labute approximate surface area is 207 Å². The number of carbonyl (C=O) groups excluding carboxylic acids is 2. The van der Waals surface area contributed by atoms with E-state index in [9.17, 15) is 9.59 Å². The van der Waals surface area contributed by atoms with E-state index in [-0.39, 0.29) is 17.4 Å². The molecule has 2 amide bonds. The number of hydrogen-bond donors (Lipinski definition) is 0. The lowest BCUT2D eigenvalue weighted by Gasteiger charge is -2.30. The molecule has 0 N–H and O–H groups in total. The van der Waals surface area contributed by atoms with E-state index >= 15 is 0 Å². The molecule has 3 saturated heterocycles. The quantitative estimate of drug-likeness (QED) is 0.670. The van der Waals surface area contributed by atoms with Gasteiger partial charge in [0.05, 0.1) is 31.3 Å². The minimum Gasteiger partial charge on any atom is -0.378 e. The summed E-state index contributed by atoms with van der Waals surface area (Å²) < 4.78 is 6.88. The number of benzene rings is 1. The number of aryl methyl sites for hydroxylation is 1. The molecule has 35 heavy (non-hydrogen) atoms. The molecule has 5 rings (SSSR count). The molecule has 9 nitrogen and oxygen atoms in total. The van der Waals surface area contributed by atoms with Crippen LogP contribution >= 0.6 is 0 Å². The predicted molar refractivity (Wildman–Crippen MR) is 135 cm³/mol. The van der Waals surface area contributed by atoms with Crippen LogP contribution < -0.4 is 9.80 Å². The number of morpholine rings is 1. The van der Waals surface area contributed by atoms with Gasteiger partial charge in [-0.2, -0.15) is 9.78 Å². The summed E-state index contributed by atoms with van der Waals surface area (Å²) in [6, 6.07) is 6.79. The van der Waals surface area contributed by atoms with Gasteiger partial charge in [0.15, 0.2) is 0 Å². The molecule has 0 saturated carbocycles. The molecule has 9 heteroatoms. The molecule has 4 heterocycles.